The molecule has 0 saturated carbocycles. The van der Waals surface area contributed by atoms with Crippen molar-refractivity contribution < 1.29 is 9.52 Å². The molecule has 0 fully saturated rings. The van der Waals surface area contributed by atoms with Gasteiger partial charge >= 0.3 is 0 Å². The molecule has 0 saturated heterocycles. The van der Waals surface area contributed by atoms with E-state index in [1.165, 1.54) is 0 Å². The van der Waals surface area contributed by atoms with Crippen molar-refractivity contribution in [3.8, 4) is 73.3 Å². The monoisotopic (exact) mass is 693 g/mol. The maximum Gasteiger partial charge on any atom is 0.164 e. The second kappa shape index (κ2) is 13.0. The molecule has 5 heteroatoms. The summed E-state index contributed by atoms with van der Waals surface area (Å²) in [5.74, 6) is 1.66. The van der Waals surface area contributed by atoms with Crippen LogP contribution in [0.25, 0.3) is 100 Å². The molecule has 2 heterocycles. The van der Waals surface area contributed by atoms with Crippen LogP contribution in [-0.4, -0.2) is 20.1 Å². The SMILES string of the molecule is Oc1c(-c2cccc3c2oc2ccccc23)ccc(-c2nc(-c3ccc(-c4ccccc4)cc3)nc(-c3ccc4ccccc4c3)n2)c1-c1ccccc1. The highest BCUT2D eigenvalue weighted by atomic mass is 16.3. The Bertz CT molecular complexity index is 2990. The number of furan rings is 1. The lowest BCUT2D eigenvalue weighted by Gasteiger charge is -2.16. The highest BCUT2D eigenvalue weighted by Gasteiger charge is 2.23. The molecule has 5 nitrogen and oxygen atoms in total. The summed E-state index contributed by atoms with van der Waals surface area (Å²) in [6, 6.07) is 61.0. The summed E-state index contributed by atoms with van der Waals surface area (Å²) in [7, 11) is 0. The summed E-state index contributed by atoms with van der Waals surface area (Å²) in [4.78, 5) is 15.3. The largest absolute Gasteiger partial charge is 0.507 e. The van der Waals surface area contributed by atoms with Gasteiger partial charge in [0.15, 0.2) is 17.5 Å². The van der Waals surface area contributed by atoms with E-state index in [0.29, 0.717) is 34.2 Å². The first kappa shape index (κ1) is 31.4. The van der Waals surface area contributed by atoms with Gasteiger partial charge in [-0.3, -0.25) is 0 Å². The molecule has 0 bridgehead atoms. The summed E-state index contributed by atoms with van der Waals surface area (Å²) < 4.78 is 6.41. The molecule has 0 radical (unpaired) electrons. The second-order valence-corrected chi connectivity index (χ2v) is 13.3. The summed E-state index contributed by atoms with van der Waals surface area (Å²) >= 11 is 0. The van der Waals surface area contributed by atoms with Gasteiger partial charge in [-0.15, -0.1) is 0 Å². The fraction of sp³-hybridized carbons (Fsp3) is 0. The molecule has 10 rings (SSSR count). The molecular formula is C49H31N3O2. The summed E-state index contributed by atoms with van der Waals surface area (Å²) in [6.07, 6.45) is 0. The number of aromatic nitrogens is 3. The molecule has 1 N–H and O–H groups in total. The van der Waals surface area contributed by atoms with Crippen LogP contribution in [0.15, 0.2) is 186 Å². The lowest BCUT2D eigenvalue weighted by Crippen LogP contribution is -2.01. The molecule has 0 unspecified atom stereocenters. The topological polar surface area (TPSA) is 72.0 Å². The van der Waals surface area contributed by atoms with Gasteiger partial charge in [-0.25, -0.2) is 15.0 Å². The maximum atomic E-state index is 12.4. The third-order valence-corrected chi connectivity index (χ3v) is 10.1. The molecule has 254 valence electrons. The van der Waals surface area contributed by atoms with Gasteiger partial charge in [0, 0.05) is 44.2 Å². The van der Waals surface area contributed by atoms with Crippen LogP contribution in [0.1, 0.15) is 0 Å². The van der Waals surface area contributed by atoms with Crippen LogP contribution < -0.4 is 0 Å². The Balaban J connectivity index is 1.19. The average molecular weight is 694 g/mol. The molecule has 0 atom stereocenters. The number of rotatable bonds is 6. The first-order valence-corrected chi connectivity index (χ1v) is 17.9. The van der Waals surface area contributed by atoms with E-state index in [1.54, 1.807) is 0 Å². The van der Waals surface area contributed by atoms with Crippen molar-refractivity contribution in [1.82, 2.24) is 15.0 Å². The van der Waals surface area contributed by atoms with E-state index >= 15 is 0 Å². The van der Waals surface area contributed by atoms with Crippen LogP contribution in [0.5, 0.6) is 5.75 Å². The van der Waals surface area contributed by atoms with Gasteiger partial charge in [-0.05, 0) is 51.7 Å². The van der Waals surface area contributed by atoms with E-state index in [0.717, 1.165) is 66.1 Å². The highest BCUT2D eigenvalue weighted by Crippen LogP contribution is 2.46. The van der Waals surface area contributed by atoms with E-state index in [4.69, 9.17) is 19.4 Å². The summed E-state index contributed by atoms with van der Waals surface area (Å²) in [5.41, 5.74) is 9.11. The fourth-order valence-electron chi connectivity index (χ4n) is 7.38. The predicted octanol–water partition coefficient (Wildman–Crippen LogP) is 12.6. The van der Waals surface area contributed by atoms with Crippen LogP contribution in [0, 0.1) is 0 Å². The van der Waals surface area contributed by atoms with Gasteiger partial charge in [0.1, 0.15) is 16.9 Å². The van der Waals surface area contributed by atoms with Crippen LogP contribution in [-0.2, 0) is 0 Å². The van der Waals surface area contributed by atoms with Gasteiger partial charge in [0.2, 0.25) is 0 Å². The number of nitrogens with zero attached hydrogens (tertiary/aromatic N) is 3. The van der Waals surface area contributed by atoms with E-state index in [2.05, 4.69) is 78.9 Å². The minimum absolute atomic E-state index is 0.119. The van der Waals surface area contributed by atoms with Gasteiger partial charge < -0.3 is 9.52 Å². The van der Waals surface area contributed by atoms with Crippen LogP contribution in [0.2, 0.25) is 0 Å². The van der Waals surface area contributed by atoms with Crippen LogP contribution in [0.4, 0.5) is 0 Å². The zero-order valence-corrected chi connectivity index (χ0v) is 29.0. The molecule has 0 aliphatic heterocycles. The average Bonchev–Trinajstić information content (AvgIpc) is 3.63. The Kier molecular flexibility index (Phi) is 7.55. The van der Waals surface area contributed by atoms with Gasteiger partial charge in [-0.2, -0.15) is 0 Å². The first-order chi connectivity index (χ1) is 26.7. The van der Waals surface area contributed by atoms with Crippen molar-refractivity contribution in [3.63, 3.8) is 0 Å². The number of benzene rings is 8. The number of para-hydroxylation sites is 2. The number of phenols is 1. The number of hydrogen-bond donors (Lipinski definition) is 1. The molecule has 10 aromatic rings. The van der Waals surface area contributed by atoms with Crippen molar-refractivity contribution >= 4 is 32.7 Å². The molecule has 0 spiro atoms. The number of aromatic hydroxyl groups is 1. The Morgan fingerprint density at radius 1 is 0.370 bits per heavy atom. The number of phenolic OH excluding ortho intramolecular Hbond substituents is 1. The van der Waals surface area contributed by atoms with Gasteiger partial charge in [0.25, 0.3) is 0 Å². The van der Waals surface area contributed by atoms with Crippen molar-refractivity contribution in [3.05, 3.63) is 182 Å². The smallest absolute Gasteiger partial charge is 0.164 e. The normalized spacial score (nSPS) is 11.4. The van der Waals surface area contributed by atoms with Crippen LogP contribution in [0.3, 0.4) is 0 Å². The molecule has 0 amide bonds. The fourth-order valence-corrected chi connectivity index (χ4v) is 7.38. The minimum Gasteiger partial charge on any atom is -0.507 e. The molecular weight excluding hydrogens is 663 g/mol. The standard InChI is InChI=1S/C49H31N3O2/c53-45-39(41-20-11-19-40-38-18-9-10-21-43(38)54-46(40)41)28-29-42(44(45)34-15-5-2-6-16-34)49-51-47(35-25-22-33(23-26-35)31-12-3-1-4-13-31)50-48(52-49)37-27-24-32-14-7-8-17-36(32)30-37/h1-30,53H. The van der Waals surface area contributed by atoms with Crippen molar-refractivity contribution in [1.29, 1.82) is 0 Å². The third-order valence-electron chi connectivity index (χ3n) is 10.1. The highest BCUT2D eigenvalue weighted by molar-refractivity contribution is 6.10. The summed E-state index contributed by atoms with van der Waals surface area (Å²) in [5, 5.41) is 16.6. The maximum absolute atomic E-state index is 12.4. The summed E-state index contributed by atoms with van der Waals surface area (Å²) in [6.45, 7) is 0. The predicted molar refractivity (Wildman–Crippen MR) is 219 cm³/mol. The minimum atomic E-state index is 0.119. The van der Waals surface area contributed by atoms with Crippen molar-refractivity contribution in [2.45, 2.75) is 0 Å². The third kappa shape index (κ3) is 5.47. The Hall–Kier alpha value is -7.37. The Morgan fingerprint density at radius 2 is 0.944 bits per heavy atom. The van der Waals surface area contributed by atoms with Crippen molar-refractivity contribution in [2.24, 2.45) is 0 Å². The van der Waals surface area contributed by atoms with Gasteiger partial charge in [-0.1, -0.05) is 158 Å². The van der Waals surface area contributed by atoms with E-state index < -0.39 is 0 Å². The van der Waals surface area contributed by atoms with E-state index in [-0.39, 0.29) is 5.75 Å². The molecule has 54 heavy (non-hydrogen) atoms. The first-order valence-electron chi connectivity index (χ1n) is 17.9. The molecule has 8 aromatic carbocycles. The molecule has 0 aliphatic carbocycles. The number of hydrogen-bond acceptors (Lipinski definition) is 5. The zero-order valence-electron chi connectivity index (χ0n) is 29.0. The van der Waals surface area contributed by atoms with Gasteiger partial charge in [0.05, 0.1) is 0 Å². The molecule has 2 aromatic heterocycles. The Morgan fingerprint density at radius 3 is 1.74 bits per heavy atom. The quantitative estimate of drug-likeness (QED) is 0.188. The Labute approximate surface area is 311 Å². The van der Waals surface area contributed by atoms with Crippen molar-refractivity contribution in [2.75, 3.05) is 0 Å². The van der Waals surface area contributed by atoms with Crippen LogP contribution >= 0.6 is 0 Å². The van der Waals surface area contributed by atoms with E-state index in [1.807, 2.05) is 103 Å². The molecule has 0 aliphatic rings. The lowest BCUT2D eigenvalue weighted by molar-refractivity contribution is 0.479. The second-order valence-electron chi connectivity index (χ2n) is 13.3. The number of fused-ring (bicyclic) bond motifs is 4. The zero-order chi connectivity index (χ0) is 36.0. The lowest BCUT2D eigenvalue weighted by atomic mass is 9.92. The van der Waals surface area contributed by atoms with E-state index in [9.17, 15) is 5.11 Å².